The topological polar surface area (TPSA) is 68.9 Å². The first-order valence-electron chi connectivity index (χ1n) is 6.24. The number of ketones is 1. The van der Waals surface area contributed by atoms with Crippen LogP contribution >= 0.6 is 0 Å². The fourth-order valence-corrected chi connectivity index (χ4v) is 1.54. The first-order valence-corrected chi connectivity index (χ1v) is 6.24. The lowest BCUT2D eigenvalue weighted by Crippen LogP contribution is -2.13. The van der Waals surface area contributed by atoms with Gasteiger partial charge in [0, 0.05) is 24.5 Å². The van der Waals surface area contributed by atoms with Gasteiger partial charge in [-0.15, -0.1) is 0 Å². The summed E-state index contributed by atoms with van der Waals surface area (Å²) in [4.78, 5) is 20.2. The lowest BCUT2D eigenvalue weighted by Gasteiger charge is -2.10. The van der Waals surface area contributed by atoms with Crippen molar-refractivity contribution in [1.82, 2.24) is 15.1 Å². The molecule has 0 aliphatic rings. The molecule has 0 N–H and O–H groups in total. The van der Waals surface area contributed by atoms with Crippen LogP contribution in [0.25, 0.3) is 0 Å². The molecule has 5 heteroatoms. The first-order chi connectivity index (χ1) is 8.97. The van der Waals surface area contributed by atoms with Crippen LogP contribution in [-0.4, -0.2) is 20.9 Å². The molecule has 0 radical (unpaired) electrons. The number of rotatable bonds is 4. The second kappa shape index (κ2) is 5.30. The maximum Gasteiger partial charge on any atom is 0.227 e. The zero-order valence-electron chi connectivity index (χ0n) is 11.4. The molecule has 0 spiro atoms. The smallest absolute Gasteiger partial charge is 0.227 e. The summed E-state index contributed by atoms with van der Waals surface area (Å²) in [5.74, 6) is 1.14. The van der Waals surface area contributed by atoms with Gasteiger partial charge in [-0.25, -0.2) is 0 Å². The van der Waals surface area contributed by atoms with Gasteiger partial charge >= 0.3 is 0 Å². The Hall–Kier alpha value is -2.04. The van der Waals surface area contributed by atoms with E-state index in [1.165, 1.54) is 0 Å². The van der Waals surface area contributed by atoms with E-state index in [4.69, 9.17) is 4.52 Å². The van der Waals surface area contributed by atoms with Crippen LogP contribution in [0.3, 0.4) is 0 Å². The fourth-order valence-electron chi connectivity index (χ4n) is 1.54. The molecule has 2 heterocycles. The summed E-state index contributed by atoms with van der Waals surface area (Å²) >= 11 is 0. The van der Waals surface area contributed by atoms with Crippen LogP contribution in [-0.2, 0) is 11.8 Å². The summed E-state index contributed by atoms with van der Waals surface area (Å²) in [7, 11) is 0. The molecule has 2 aromatic rings. The summed E-state index contributed by atoms with van der Waals surface area (Å²) < 4.78 is 5.14. The molecular weight excluding hydrogens is 242 g/mol. The number of aryl methyl sites for hydroxylation is 1. The number of hydrogen-bond donors (Lipinski definition) is 0. The Bertz CT molecular complexity index is 556. The molecule has 0 aliphatic carbocycles. The minimum Gasteiger partial charge on any atom is -0.339 e. The van der Waals surface area contributed by atoms with Gasteiger partial charge in [0.05, 0.1) is 0 Å². The zero-order valence-corrected chi connectivity index (χ0v) is 11.4. The van der Waals surface area contributed by atoms with Crippen molar-refractivity contribution in [3.63, 3.8) is 0 Å². The Morgan fingerprint density at radius 2 is 2.11 bits per heavy atom. The third kappa shape index (κ3) is 3.47. The predicted molar refractivity (Wildman–Crippen MR) is 69.9 cm³/mol. The van der Waals surface area contributed by atoms with E-state index < -0.39 is 0 Å². The Morgan fingerprint density at radius 1 is 1.32 bits per heavy atom. The second-order valence-electron chi connectivity index (χ2n) is 5.40. The van der Waals surface area contributed by atoms with E-state index in [1.807, 2.05) is 20.8 Å². The quantitative estimate of drug-likeness (QED) is 0.789. The minimum absolute atomic E-state index is 0.0175. The number of carbonyl (C=O) groups excluding carboxylic acids is 1. The van der Waals surface area contributed by atoms with Crippen molar-refractivity contribution >= 4 is 5.78 Å². The number of aromatic nitrogens is 3. The van der Waals surface area contributed by atoms with Gasteiger partial charge in [-0.3, -0.25) is 9.78 Å². The maximum atomic E-state index is 11.9. The van der Waals surface area contributed by atoms with Gasteiger partial charge in [-0.2, -0.15) is 4.98 Å². The molecule has 19 heavy (non-hydrogen) atoms. The molecule has 0 aromatic carbocycles. The van der Waals surface area contributed by atoms with E-state index in [0.29, 0.717) is 30.3 Å². The van der Waals surface area contributed by atoms with Crippen LogP contribution < -0.4 is 0 Å². The van der Waals surface area contributed by atoms with E-state index in [-0.39, 0.29) is 11.2 Å². The Morgan fingerprint density at radius 3 is 2.68 bits per heavy atom. The molecule has 0 saturated carbocycles. The lowest BCUT2D eigenvalue weighted by atomic mass is 9.96. The van der Waals surface area contributed by atoms with Crippen LogP contribution in [0.1, 0.15) is 49.4 Å². The van der Waals surface area contributed by atoms with Gasteiger partial charge in [0.2, 0.25) is 5.89 Å². The average molecular weight is 259 g/mol. The summed E-state index contributed by atoms with van der Waals surface area (Å²) in [5.41, 5.74) is 0.324. The van der Waals surface area contributed by atoms with Crippen LogP contribution in [0.2, 0.25) is 0 Å². The van der Waals surface area contributed by atoms with E-state index in [0.717, 1.165) is 0 Å². The third-order valence-electron chi connectivity index (χ3n) is 2.66. The highest BCUT2D eigenvalue weighted by atomic mass is 16.5. The number of carbonyl (C=O) groups is 1. The number of nitrogens with zero attached hydrogens (tertiary/aromatic N) is 3. The van der Waals surface area contributed by atoms with Gasteiger partial charge in [0.15, 0.2) is 11.6 Å². The van der Waals surface area contributed by atoms with E-state index in [1.54, 1.807) is 24.4 Å². The van der Waals surface area contributed by atoms with Gasteiger partial charge in [-0.1, -0.05) is 32.0 Å². The molecule has 0 bridgehead atoms. The van der Waals surface area contributed by atoms with Gasteiger partial charge < -0.3 is 4.52 Å². The molecule has 0 fully saturated rings. The predicted octanol–water partition coefficient (Wildman–Crippen LogP) is 2.58. The van der Waals surface area contributed by atoms with Crippen LogP contribution in [0.5, 0.6) is 0 Å². The van der Waals surface area contributed by atoms with Crippen molar-refractivity contribution in [2.75, 3.05) is 0 Å². The highest BCUT2D eigenvalue weighted by molar-refractivity contribution is 5.94. The summed E-state index contributed by atoms with van der Waals surface area (Å²) in [5, 5.41) is 3.93. The Balaban J connectivity index is 1.96. The summed E-state index contributed by atoms with van der Waals surface area (Å²) in [6, 6.07) is 5.28. The summed E-state index contributed by atoms with van der Waals surface area (Å²) in [6.07, 6.45) is 2.37. The minimum atomic E-state index is -0.146. The fraction of sp³-hybridized carbons (Fsp3) is 0.429. The van der Waals surface area contributed by atoms with Gasteiger partial charge in [0.25, 0.3) is 0 Å². The van der Waals surface area contributed by atoms with E-state index in [2.05, 4.69) is 15.1 Å². The molecule has 0 unspecified atom stereocenters. The van der Waals surface area contributed by atoms with Gasteiger partial charge in [-0.05, 0) is 12.1 Å². The molecule has 2 aromatic heterocycles. The van der Waals surface area contributed by atoms with Crippen molar-refractivity contribution in [1.29, 1.82) is 0 Å². The Labute approximate surface area is 112 Å². The van der Waals surface area contributed by atoms with Crippen LogP contribution in [0.4, 0.5) is 0 Å². The zero-order chi connectivity index (χ0) is 13.9. The van der Waals surface area contributed by atoms with Crippen molar-refractivity contribution in [3.8, 4) is 0 Å². The largest absolute Gasteiger partial charge is 0.339 e. The molecule has 0 aliphatic heterocycles. The van der Waals surface area contributed by atoms with E-state index in [9.17, 15) is 4.79 Å². The second-order valence-corrected chi connectivity index (χ2v) is 5.40. The number of pyridine rings is 1. The summed E-state index contributed by atoms with van der Waals surface area (Å²) in [6.45, 7) is 6.04. The van der Waals surface area contributed by atoms with Gasteiger partial charge in [0.1, 0.15) is 5.69 Å². The molecule has 5 nitrogen and oxygen atoms in total. The van der Waals surface area contributed by atoms with Crippen molar-refractivity contribution in [3.05, 3.63) is 41.8 Å². The number of Topliss-reactive ketones (excluding diaryl/α,β-unsaturated/α-hetero) is 1. The monoisotopic (exact) mass is 259 g/mol. The van der Waals surface area contributed by atoms with Crippen molar-refractivity contribution < 1.29 is 9.32 Å². The van der Waals surface area contributed by atoms with Crippen molar-refractivity contribution in [2.45, 2.75) is 39.0 Å². The molecular formula is C14H17N3O2. The average Bonchev–Trinajstić information content (AvgIpc) is 2.86. The molecule has 0 amide bonds. The molecule has 2 rings (SSSR count). The molecule has 0 atom stereocenters. The normalized spacial score (nSPS) is 11.5. The lowest BCUT2D eigenvalue weighted by molar-refractivity contribution is 0.0975. The Kier molecular flexibility index (Phi) is 3.74. The SMILES string of the molecule is CC(C)(C)c1noc(CCC(=O)c2ccccn2)n1. The highest BCUT2D eigenvalue weighted by Crippen LogP contribution is 2.18. The van der Waals surface area contributed by atoms with E-state index >= 15 is 0 Å². The van der Waals surface area contributed by atoms with Crippen LogP contribution in [0, 0.1) is 0 Å². The molecule has 100 valence electrons. The van der Waals surface area contributed by atoms with Crippen LogP contribution in [0.15, 0.2) is 28.9 Å². The van der Waals surface area contributed by atoms with Crippen molar-refractivity contribution in [2.24, 2.45) is 0 Å². The highest BCUT2D eigenvalue weighted by Gasteiger charge is 2.21. The molecule has 0 saturated heterocycles. The standard InChI is InChI=1S/C14H17N3O2/c1-14(2,3)13-16-12(19-17-13)8-7-11(18)10-6-4-5-9-15-10/h4-6,9H,7-8H2,1-3H3. The number of hydrogen-bond acceptors (Lipinski definition) is 5. The maximum absolute atomic E-state index is 11.9. The first kappa shape index (κ1) is 13.4. The third-order valence-corrected chi connectivity index (χ3v) is 2.66.